The molecule has 1 aliphatic carbocycles. The molecule has 2 fully saturated rings. The number of nitrogens with one attached hydrogen (secondary N) is 1. The first kappa shape index (κ1) is 18.5. The van der Waals surface area contributed by atoms with Gasteiger partial charge in [-0.05, 0) is 49.1 Å². The van der Waals surface area contributed by atoms with Crippen molar-refractivity contribution in [2.75, 3.05) is 18.4 Å². The van der Waals surface area contributed by atoms with Crippen LogP contribution in [0.3, 0.4) is 0 Å². The van der Waals surface area contributed by atoms with Crippen molar-refractivity contribution in [3.63, 3.8) is 0 Å². The summed E-state index contributed by atoms with van der Waals surface area (Å²) in [6, 6.07) is 13.0. The molecule has 3 aromatic heterocycles. The molecule has 1 saturated carbocycles. The number of fused-ring (bicyclic) bond motifs is 2. The molecular formula is C23H26N8. The number of benzene rings is 1. The normalized spacial score (nSPS) is 22.7. The number of aromatic nitrogens is 6. The number of likely N-dealkylation sites (tertiary alicyclic amines) is 1. The van der Waals surface area contributed by atoms with Crippen molar-refractivity contribution in [3.8, 4) is 11.3 Å². The van der Waals surface area contributed by atoms with Gasteiger partial charge >= 0.3 is 0 Å². The molecule has 1 aliphatic heterocycles. The summed E-state index contributed by atoms with van der Waals surface area (Å²) >= 11 is 0. The van der Waals surface area contributed by atoms with Crippen molar-refractivity contribution in [3.05, 3.63) is 54.0 Å². The Kier molecular flexibility index (Phi) is 4.11. The lowest BCUT2D eigenvalue weighted by molar-refractivity contribution is 0.288. The molecular weight excluding hydrogens is 388 g/mol. The fourth-order valence-corrected chi connectivity index (χ4v) is 4.94. The van der Waals surface area contributed by atoms with E-state index in [0.717, 1.165) is 53.3 Å². The van der Waals surface area contributed by atoms with Crippen LogP contribution in [-0.2, 0) is 20.6 Å². The van der Waals surface area contributed by atoms with E-state index in [1.807, 2.05) is 47.9 Å². The van der Waals surface area contributed by atoms with E-state index in [-0.39, 0.29) is 0 Å². The minimum atomic E-state index is 0.508. The minimum absolute atomic E-state index is 0.508. The number of aryl methyl sites for hydroxylation is 3. The molecule has 4 aromatic rings. The van der Waals surface area contributed by atoms with Gasteiger partial charge in [0.1, 0.15) is 5.82 Å². The van der Waals surface area contributed by atoms with Gasteiger partial charge in [0.25, 0.3) is 0 Å². The van der Waals surface area contributed by atoms with E-state index in [0.29, 0.717) is 17.9 Å². The summed E-state index contributed by atoms with van der Waals surface area (Å²) in [6.45, 7) is 5.28. The summed E-state index contributed by atoms with van der Waals surface area (Å²) in [5.74, 6) is 2.25. The highest BCUT2D eigenvalue weighted by atomic mass is 15.3. The van der Waals surface area contributed by atoms with E-state index in [1.54, 1.807) is 0 Å². The van der Waals surface area contributed by atoms with Crippen molar-refractivity contribution in [1.29, 1.82) is 0 Å². The number of hydrogen-bond donors (Lipinski definition) is 1. The van der Waals surface area contributed by atoms with Crippen molar-refractivity contribution in [2.24, 2.45) is 25.9 Å². The molecule has 1 saturated heterocycles. The lowest BCUT2D eigenvalue weighted by Gasteiger charge is -2.18. The highest BCUT2D eigenvalue weighted by Gasteiger charge is 2.55. The van der Waals surface area contributed by atoms with Crippen molar-refractivity contribution < 1.29 is 0 Å². The van der Waals surface area contributed by atoms with Crippen molar-refractivity contribution >= 4 is 16.7 Å². The van der Waals surface area contributed by atoms with E-state index in [9.17, 15) is 0 Å². The molecule has 2 aliphatic rings. The van der Waals surface area contributed by atoms with E-state index in [2.05, 4.69) is 55.7 Å². The van der Waals surface area contributed by atoms with E-state index in [1.165, 1.54) is 5.69 Å². The molecule has 4 heterocycles. The molecule has 0 amide bonds. The zero-order valence-corrected chi connectivity index (χ0v) is 18.0. The third-order valence-corrected chi connectivity index (χ3v) is 6.71. The van der Waals surface area contributed by atoms with Crippen LogP contribution in [0, 0.1) is 18.8 Å². The van der Waals surface area contributed by atoms with Crippen LogP contribution in [0.5, 0.6) is 0 Å². The zero-order valence-electron chi connectivity index (χ0n) is 18.0. The van der Waals surface area contributed by atoms with Gasteiger partial charge in [-0.2, -0.15) is 10.2 Å². The predicted molar refractivity (Wildman–Crippen MR) is 119 cm³/mol. The largest absolute Gasteiger partial charge is 0.365 e. The molecule has 8 heteroatoms. The maximum atomic E-state index is 4.59. The van der Waals surface area contributed by atoms with Crippen LogP contribution in [0.25, 0.3) is 22.2 Å². The maximum Gasteiger partial charge on any atom is 0.148 e. The topological polar surface area (TPSA) is 76.7 Å². The summed E-state index contributed by atoms with van der Waals surface area (Å²) in [6.07, 6.45) is 2.02. The number of nitrogens with zero attached hydrogens (tertiary/aromatic N) is 7. The Morgan fingerprint density at radius 3 is 2.55 bits per heavy atom. The lowest BCUT2D eigenvalue weighted by Crippen LogP contribution is -2.28. The summed E-state index contributed by atoms with van der Waals surface area (Å²) in [7, 11) is 3.94. The van der Waals surface area contributed by atoms with Crippen LogP contribution in [0.15, 0.2) is 42.6 Å². The molecule has 0 radical (unpaired) electrons. The van der Waals surface area contributed by atoms with Crippen molar-refractivity contribution in [1.82, 2.24) is 34.7 Å². The fraction of sp³-hybridized carbons (Fsp3) is 0.391. The summed E-state index contributed by atoms with van der Waals surface area (Å²) in [4.78, 5) is 2.51. The Morgan fingerprint density at radius 1 is 1.00 bits per heavy atom. The van der Waals surface area contributed by atoms with Gasteiger partial charge in [0.2, 0.25) is 0 Å². The molecule has 1 aromatic carbocycles. The smallest absolute Gasteiger partial charge is 0.148 e. The van der Waals surface area contributed by atoms with Crippen LogP contribution in [0.4, 0.5) is 5.82 Å². The van der Waals surface area contributed by atoms with Gasteiger partial charge in [-0.25, -0.2) is 0 Å². The number of piperidine rings is 1. The molecule has 31 heavy (non-hydrogen) atoms. The molecule has 0 bridgehead atoms. The average Bonchev–Trinajstić information content (AvgIpc) is 3.10. The van der Waals surface area contributed by atoms with Crippen LogP contribution in [0.1, 0.15) is 11.4 Å². The number of anilines is 1. The Balaban J connectivity index is 1.07. The summed E-state index contributed by atoms with van der Waals surface area (Å²) < 4.78 is 3.78. The average molecular weight is 415 g/mol. The molecule has 1 unspecified atom stereocenters. The second kappa shape index (κ2) is 6.88. The quantitative estimate of drug-likeness (QED) is 0.541. The van der Waals surface area contributed by atoms with Gasteiger partial charge in [0.15, 0.2) is 0 Å². The summed E-state index contributed by atoms with van der Waals surface area (Å²) in [5, 5.41) is 22.6. The third-order valence-electron chi connectivity index (χ3n) is 6.71. The van der Waals surface area contributed by atoms with Crippen molar-refractivity contribution in [2.45, 2.75) is 19.5 Å². The van der Waals surface area contributed by atoms with E-state index >= 15 is 0 Å². The van der Waals surface area contributed by atoms with Gasteiger partial charge in [0.05, 0.1) is 16.9 Å². The monoisotopic (exact) mass is 414 g/mol. The van der Waals surface area contributed by atoms with Gasteiger partial charge in [-0.15, -0.1) is 10.2 Å². The maximum absolute atomic E-state index is 4.59. The van der Waals surface area contributed by atoms with E-state index < -0.39 is 0 Å². The predicted octanol–water partition coefficient (Wildman–Crippen LogP) is 2.61. The Morgan fingerprint density at radius 2 is 1.84 bits per heavy atom. The fourth-order valence-electron chi connectivity index (χ4n) is 4.94. The standard InChI is InChI=1S/C23H26N8/c1-14-8-17(27-30(14)3)11-31-12-18-19(13-31)23(18)24-22-7-6-20(25-26-22)15-4-5-21-16(9-15)10-29(2)28-21/h4-10,18-19,23H,11-13H2,1-3H3,(H,24,26)/t18-,19+,23?. The van der Waals surface area contributed by atoms with Gasteiger partial charge in [-0.1, -0.05) is 6.07 Å². The Hall–Kier alpha value is -3.26. The highest BCUT2D eigenvalue weighted by molar-refractivity contribution is 5.83. The van der Waals surface area contributed by atoms with Gasteiger partial charge < -0.3 is 5.32 Å². The molecule has 8 nitrogen and oxygen atoms in total. The second-order valence-electron chi connectivity index (χ2n) is 8.97. The van der Waals surface area contributed by atoms with E-state index in [4.69, 9.17) is 0 Å². The van der Waals surface area contributed by atoms with Gasteiger partial charge in [0, 0.05) is 62.6 Å². The molecule has 158 valence electrons. The highest BCUT2D eigenvalue weighted by Crippen LogP contribution is 2.47. The van der Waals surface area contributed by atoms with Crippen LogP contribution in [0.2, 0.25) is 0 Å². The number of hydrogen-bond acceptors (Lipinski definition) is 6. The lowest BCUT2D eigenvalue weighted by atomic mass is 10.1. The zero-order chi connectivity index (χ0) is 21.1. The first-order chi connectivity index (χ1) is 15.0. The molecule has 1 N–H and O–H groups in total. The second-order valence-corrected chi connectivity index (χ2v) is 8.97. The van der Waals surface area contributed by atoms with Gasteiger partial charge in [-0.3, -0.25) is 14.3 Å². The minimum Gasteiger partial charge on any atom is -0.365 e. The molecule has 3 atom stereocenters. The Bertz CT molecular complexity index is 1220. The Labute approximate surface area is 180 Å². The first-order valence-corrected chi connectivity index (χ1v) is 10.8. The molecule has 0 spiro atoms. The number of rotatable bonds is 5. The molecule has 6 rings (SSSR count). The van der Waals surface area contributed by atoms with Crippen LogP contribution < -0.4 is 5.32 Å². The third kappa shape index (κ3) is 3.37. The SMILES string of the molecule is Cc1cc(CN2C[C@@H]3C(Nc4ccc(-c5ccc6nn(C)cc6c5)nn4)[C@@H]3C2)nn1C. The summed E-state index contributed by atoms with van der Waals surface area (Å²) in [5.41, 5.74) is 5.30. The van der Waals surface area contributed by atoms with Crippen LogP contribution >= 0.6 is 0 Å². The van der Waals surface area contributed by atoms with Crippen LogP contribution in [-0.4, -0.2) is 53.8 Å². The first-order valence-electron chi connectivity index (χ1n) is 10.8.